The summed E-state index contributed by atoms with van der Waals surface area (Å²) in [5.74, 6) is 0.739. The van der Waals surface area contributed by atoms with E-state index in [0.717, 1.165) is 38.2 Å². The lowest BCUT2D eigenvalue weighted by molar-refractivity contribution is -0.123. The van der Waals surface area contributed by atoms with Crippen molar-refractivity contribution in [3.8, 4) is 5.75 Å². The Balaban J connectivity index is 1.92. The van der Waals surface area contributed by atoms with Gasteiger partial charge in [0.05, 0.1) is 0 Å². The zero-order valence-electron chi connectivity index (χ0n) is 12.6. The highest BCUT2D eigenvalue weighted by Gasteiger charge is 2.29. The summed E-state index contributed by atoms with van der Waals surface area (Å²) in [6, 6.07) is 9.51. The molecule has 1 heterocycles. The first-order chi connectivity index (χ1) is 9.50. The summed E-state index contributed by atoms with van der Waals surface area (Å²) in [5, 5.41) is 0. The maximum atomic E-state index is 11.3. The van der Waals surface area contributed by atoms with Gasteiger partial charge in [-0.15, -0.1) is 0 Å². The third kappa shape index (κ3) is 3.81. The Morgan fingerprint density at radius 1 is 1.10 bits per heavy atom. The standard InChI is InChI=1S/C16H24N2O2/c1-16(2,3)18-11-9-17(10-12-18)15(13-19)20-14-7-5-4-6-8-14/h4-8,13,15H,9-12H2,1-3H3. The highest BCUT2D eigenvalue weighted by atomic mass is 16.5. The van der Waals surface area contributed by atoms with Crippen LogP contribution in [0.2, 0.25) is 0 Å². The lowest BCUT2D eigenvalue weighted by Crippen LogP contribution is -2.57. The van der Waals surface area contributed by atoms with Crippen LogP contribution >= 0.6 is 0 Å². The lowest BCUT2D eigenvalue weighted by Gasteiger charge is -2.43. The molecule has 1 aliphatic rings. The Morgan fingerprint density at radius 3 is 2.20 bits per heavy atom. The Labute approximate surface area is 121 Å². The highest BCUT2D eigenvalue weighted by Crippen LogP contribution is 2.18. The van der Waals surface area contributed by atoms with Crippen LogP contribution in [0.4, 0.5) is 0 Å². The number of ether oxygens (including phenoxy) is 1. The van der Waals surface area contributed by atoms with Gasteiger partial charge in [0.2, 0.25) is 6.23 Å². The van der Waals surface area contributed by atoms with Gasteiger partial charge < -0.3 is 4.74 Å². The molecule has 0 N–H and O–H groups in total. The van der Waals surface area contributed by atoms with Crippen LogP contribution in [0.1, 0.15) is 20.8 Å². The minimum Gasteiger partial charge on any atom is -0.468 e. The summed E-state index contributed by atoms with van der Waals surface area (Å²) in [4.78, 5) is 15.8. The minimum atomic E-state index is -0.487. The predicted molar refractivity (Wildman–Crippen MR) is 79.8 cm³/mol. The number of benzene rings is 1. The van der Waals surface area contributed by atoms with Crippen LogP contribution in [0.5, 0.6) is 5.75 Å². The summed E-state index contributed by atoms with van der Waals surface area (Å²) < 4.78 is 5.76. The molecule has 20 heavy (non-hydrogen) atoms. The molecule has 1 saturated heterocycles. The first-order valence-corrected chi connectivity index (χ1v) is 7.17. The van der Waals surface area contributed by atoms with Gasteiger partial charge in [0.25, 0.3) is 0 Å². The van der Waals surface area contributed by atoms with Crippen LogP contribution in [0.15, 0.2) is 30.3 Å². The first kappa shape index (κ1) is 15.0. The molecule has 1 aromatic carbocycles. The van der Waals surface area contributed by atoms with Crippen molar-refractivity contribution >= 4 is 6.29 Å². The van der Waals surface area contributed by atoms with E-state index >= 15 is 0 Å². The lowest BCUT2D eigenvalue weighted by atomic mass is 10.0. The molecular weight excluding hydrogens is 252 g/mol. The number of rotatable bonds is 4. The van der Waals surface area contributed by atoms with Crippen LogP contribution in [-0.4, -0.2) is 54.0 Å². The summed E-state index contributed by atoms with van der Waals surface area (Å²) >= 11 is 0. The molecular formula is C16H24N2O2. The van der Waals surface area contributed by atoms with Crippen molar-refractivity contribution in [1.29, 1.82) is 0 Å². The van der Waals surface area contributed by atoms with Gasteiger partial charge in [0.15, 0.2) is 6.29 Å². The van der Waals surface area contributed by atoms with Crippen molar-refractivity contribution in [3.63, 3.8) is 0 Å². The van der Waals surface area contributed by atoms with E-state index in [-0.39, 0.29) is 5.54 Å². The number of hydrogen-bond donors (Lipinski definition) is 0. The second-order valence-electron chi connectivity index (χ2n) is 6.15. The number of nitrogens with zero attached hydrogens (tertiary/aromatic N) is 2. The van der Waals surface area contributed by atoms with Gasteiger partial charge in [-0.05, 0) is 32.9 Å². The molecule has 0 aromatic heterocycles. The molecule has 2 rings (SSSR count). The average Bonchev–Trinajstić information content (AvgIpc) is 2.45. The topological polar surface area (TPSA) is 32.8 Å². The Bertz CT molecular complexity index is 420. The second-order valence-corrected chi connectivity index (χ2v) is 6.15. The summed E-state index contributed by atoms with van der Waals surface area (Å²) in [6.07, 6.45) is 0.402. The van der Waals surface area contributed by atoms with Crippen LogP contribution in [0, 0.1) is 0 Å². The van der Waals surface area contributed by atoms with E-state index < -0.39 is 6.23 Å². The molecule has 0 aliphatic carbocycles. The van der Waals surface area contributed by atoms with Crippen LogP contribution in [-0.2, 0) is 4.79 Å². The second kappa shape index (κ2) is 6.37. The fraction of sp³-hybridized carbons (Fsp3) is 0.562. The van der Waals surface area contributed by atoms with E-state index in [2.05, 4.69) is 30.6 Å². The molecule has 0 bridgehead atoms. The van der Waals surface area contributed by atoms with Gasteiger partial charge in [-0.3, -0.25) is 14.6 Å². The first-order valence-electron chi connectivity index (χ1n) is 7.17. The molecule has 0 amide bonds. The van der Waals surface area contributed by atoms with Crippen LogP contribution in [0.3, 0.4) is 0 Å². The third-order valence-electron chi connectivity index (χ3n) is 3.74. The highest BCUT2D eigenvalue weighted by molar-refractivity contribution is 5.56. The number of piperazine rings is 1. The van der Waals surface area contributed by atoms with E-state index in [1.54, 1.807) is 0 Å². The third-order valence-corrected chi connectivity index (χ3v) is 3.74. The molecule has 4 nitrogen and oxygen atoms in total. The van der Waals surface area contributed by atoms with Crippen molar-refractivity contribution < 1.29 is 9.53 Å². The van der Waals surface area contributed by atoms with Crippen molar-refractivity contribution in [2.24, 2.45) is 0 Å². The van der Waals surface area contributed by atoms with E-state index in [1.165, 1.54) is 0 Å². The molecule has 0 radical (unpaired) electrons. The molecule has 0 saturated carbocycles. The van der Waals surface area contributed by atoms with E-state index in [4.69, 9.17) is 4.74 Å². The number of aldehydes is 1. The summed E-state index contributed by atoms with van der Waals surface area (Å²) in [6.45, 7) is 10.3. The van der Waals surface area contributed by atoms with E-state index in [1.807, 2.05) is 30.3 Å². The Hall–Kier alpha value is -1.39. The van der Waals surface area contributed by atoms with Crippen LogP contribution in [0.25, 0.3) is 0 Å². The fourth-order valence-corrected chi connectivity index (χ4v) is 2.47. The molecule has 1 unspecified atom stereocenters. The molecule has 1 aliphatic heterocycles. The number of hydrogen-bond acceptors (Lipinski definition) is 4. The number of carbonyl (C=O) groups excluding carboxylic acids is 1. The van der Waals surface area contributed by atoms with Gasteiger partial charge in [-0.1, -0.05) is 18.2 Å². The SMILES string of the molecule is CC(C)(C)N1CCN(C(C=O)Oc2ccccc2)CC1. The number of carbonyl (C=O) groups is 1. The minimum absolute atomic E-state index is 0.184. The maximum Gasteiger partial charge on any atom is 0.209 e. The Morgan fingerprint density at radius 2 is 1.70 bits per heavy atom. The van der Waals surface area contributed by atoms with E-state index in [9.17, 15) is 4.79 Å². The van der Waals surface area contributed by atoms with Gasteiger partial charge >= 0.3 is 0 Å². The Kier molecular flexibility index (Phi) is 4.78. The average molecular weight is 276 g/mol. The van der Waals surface area contributed by atoms with Gasteiger partial charge in [-0.2, -0.15) is 0 Å². The summed E-state index contributed by atoms with van der Waals surface area (Å²) in [7, 11) is 0. The largest absolute Gasteiger partial charge is 0.468 e. The summed E-state index contributed by atoms with van der Waals surface area (Å²) in [5.41, 5.74) is 0.184. The predicted octanol–water partition coefficient (Wildman–Crippen LogP) is 2.01. The maximum absolute atomic E-state index is 11.3. The van der Waals surface area contributed by atoms with Crippen molar-refractivity contribution in [1.82, 2.24) is 9.80 Å². The van der Waals surface area contributed by atoms with Gasteiger partial charge in [0.1, 0.15) is 5.75 Å². The van der Waals surface area contributed by atoms with Crippen molar-refractivity contribution in [2.45, 2.75) is 32.5 Å². The molecule has 1 fully saturated rings. The van der Waals surface area contributed by atoms with Gasteiger partial charge in [0, 0.05) is 31.7 Å². The zero-order valence-corrected chi connectivity index (χ0v) is 12.6. The molecule has 110 valence electrons. The zero-order chi connectivity index (χ0) is 14.6. The number of para-hydroxylation sites is 1. The van der Waals surface area contributed by atoms with Crippen molar-refractivity contribution in [3.05, 3.63) is 30.3 Å². The molecule has 4 heteroatoms. The van der Waals surface area contributed by atoms with Crippen LogP contribution < -0.4 is 4.74 Å². The molecule has 0 spiro atoms. The smallest absolute Gasteiger partial charge is 0.209 e. The molecule has 1 aromatic rings. The van der Waals surface area contributed by atoms with E-state index in [0.29, 0.717) is 0 Å². The quantitative estimate of drug-likeness (QED) is 0.788. The molecule has 1 atom stereocenters. The normalized spacial score (nSPS) is 19.6. The van der Waals surface area contributed by atoms with Gasteiger partial charge in [-0.25, -0.2) is 0 Å². The fourth-order valence-electron chi connectivity index (χ4n) is 2.47. The van der Waals surface area contributed by atoms with Crippen molar-refractivity contribution in [2.75, 3.05) is 26.2 Å². The monoisotopic (exact) mass is 276 g/mol.